The summed E-state index contributed by atoms with van der Waals surface area (Å²) in [5.74, 6) is 1.95. The Morgan fingerprint density at radius 3 is 2.70 bits per heavy atom. The van der Waals surface area contributed by atoms with Gasteiger partial charge in [0.1, 0.15) is 0 Å². The fourth-order valence-corrected chi connectivity index (χ4v) is 3.94. The molecule has 1 amide bonds. The molecule has 23 heavy (non-hydrogen) atoms. The number of carbonyl (C=O) groups is 1. The van der Waals surface area contributed by atoms with Gasteiger partial charge < -0.3 is 5.32 Å². The maximum atomic E-state index is 12.2. The molecule has 0 radical (unpaired) electrons. The average Bonchev–Trinajstić information content (AvgIpc) is 2.60. The first kappa shape index (κ1) is 16.1. The maximum Gasteiger partial charge on any atom is 0.225 e. The molecule has 120 valence electrons. The molecule has 2 aromatic rings. The van der Waals surface area contributed by atoms with Gasteiger partial charge in [-0.05, 0) is 48.4 Å². The molecule has 0 atom stereocenters. The minimum absolute atomic E-state index is 0.129. The van der Waals surface area contributed by atoms with E-state index < -0.39 is 0 Å². The van der Waals surface area contributed by atoms with Crippen LogP contribution in [-0.2, 0) is 23.4 Å². The van der Waals surface area contributed by atoms with Crippen molar-refractivity contribution in [2.24, 2.45) is 0 Å². The van der Waals surface area contributed by atoms with Gasteiger partial charge >= 0.3 is 0 Å². The van der Waals surface area contributed by atoms with Crippen molar-refractivity contribution in [3.05, 3.63) is 65.2 Å². The number of hydrogen-bond acceptors (Lipinski definition) is 2. The molecule has 2 nitrogen and oxygen atoms in total. The fraction of sp³-hybridized carbons (Fsp3) is 0.350. The number of benzene rings is 2. The molecule has 0 aromatic heterocycles. The van der Waals surface area contributed by atoms with Gasteiger partial charge in [-0.3, -0.25) is 4.79 Å². The highest BCUT2D eigenvalue weighted by molar-refractivity contribution is 7.98. The third kappa shape index (κ3) is 4.61. The quantitative estimate of drug-likeness (QED) is 0.771. The van der Waals surface area contributed by atoms with Gasteiger partial charge in [0.15, 0.2) is 0 Å². The second-order valence-corrected chi connectivity index (χ2v) is 7.09. The van der Waals surface area contributed by atoms with Gasteiger partial charge in [-0.2, -0.15) is 11.8 Å². The van der Waals surface area contributed by atoms with Gasteiger partial charge in [-0.25, -0.2) is 0 Å². The maximum absolute atomic E-state index is 12.2. The van der Waals surface area contributed by atoms with E-state index in [1.165, 1.54) is 29.5 Å². The molecule has 3 heteroatoms. The Labute approximate surface area is 142 Å². The van der Waals surface area contributed by atoms with Crippen LogP contribution in [0, 0.1) is 0 Å². The van der Waals surface area contributed by atoms with Gasteiger partial charge in [0, 0.05) is 23.6 Å². The molecule has 1 N–H and O–H groups in total. The minimum Gasteiger partial charge on any atom is -0.326 e. The summed E-state index contributed by atoms with van der Waals surface area (Å²) in [7, 11) is 0. The number of nitrogens with one attached hydrogen (secondary N) is 1. The molecule has 0 saturated heterocycles. The zero-order valence-corrected chi connectivity index (χ0v) is 14.2. The zero-order valence-electron chi connectivity index (χ0n) is 13.4. The minimum atomic E-state index is 0.129. The summed E-state index contributed by atoms with van der Waals surface area (Å²) in [6.45, 7) is 0. The highest BCUT2D eigenvalue weighted by Crippen LogP contribution is 2.28. The predicted octanol–water partition coefficient (Wildman–Crippen LogP) is 4.83. The van der Waals surface area contributed by atoms with Crippen molar-refractivity contribution in [2.75, 3.05) is 11.1 Å². The van der Waals surface area contributed by atoms with Crippen LogP contribution in [0.2, 0.25) is 0 Å². The van der Waals surface area contributed by atoms with Gasteiger partial charge in [0.25, 0.3) is 0 Å². The zero-order chi connectivity index (χ0) is 15.9. The number of aryl methyl sites for hydroxylation is 1. The van der Waals surface area contributed by atoms with Crippen LogP contribution in [0.3, 0.4) is 0 Å². The Kier molecular flexibility index (Phi) is 5.76. The number of amides is 1. The molecule has 0 aliphatic heterocycles. The van der Waals surface area contributed by atoms with Crippen molar-refractivity contribution < 1.29 is 4.79 Å². The summed E-state index contributed by atoms with van der Waals surface area (Å²) >= 11 is 1.81. The third-order valence-corrected chi connectivity index (χ3v) is 5.29. The molecule has 0 saturated carbocycles. The Morgan fingerprint density at radius 2 is 1.83 bits per heavy atom. The van der Waals surface area contributed by atoms with Crippen molar-refractivity contribution in [1.29, 1.82) is 0 Å². The van der Waals surface area contributed by atoms with Crippen molar-refractivity contribution in [3.8, 4) is 0 Å². The lowest BCUT2D eigenvalue weighted by atomic mass is 9.90. The Balaban J connectivity index is 1.46. The summed E-state index contributed by atoms with van der Waals surface area (Å²) in [5.41, 5.74) is 5.10. The van der Waals surface area contributed by atoms with Gasteiger partial charge in [-0.1, -0.05) is 42.5 Å². The molecule has 0 bridgehead atoms. The standard InChI is InChI=1S/C20H23NOS/c22-20(13-14-23-15-16-7-2-1-3-8-16)21-19-12-6-10-17-9-4-5-11-18(17)19/h1-3,6-8,10,12H,4-5,9,11,13-15H2,(H,21,22). The first-order chi connectivity index (χ1) is 11.3. The number of hydrogen-bond donors (Lipinski definition) is 1. The highest BCUT2D eigenvalue weighted by atomic mass is 32.2. The van der Waals surface area contributed by atoms with Crippen LogP contribution in [0.4, 0.5) is 5.69 Å². The molecule has 2 aromatic carbocycles. The first-order valence-corrected chi connectivity index (χ1v) is 9.51. The van der Waals surface area contributed by atoms with Crippen LogP contribution < -0.4 is 5.32 Å². The van der Waals surface area contributed by atoms with Crippen LogP contribution in [0.25, 0.3) is 0 Å². The number of fused-ring (bicyclic) bond motifs is 1. The van der Waals surface area contributed by atoms with E-state index in [0.29, 0.717) is 6.42 Å². The molecule has 3 rings (SSSR count). The van der Waals surface area contributed by atoms with Gasteiger partial charge in [-0.15, -0.1) is 0 Å². The van der Waals surface area contributed by atoms with Crippen LogP contribution in [0.5, 0.6) is 0 Å². The Bertz CT molecular complexity index is 654. The number of carbonyl (C=O) groups excluding carboxylic acids is 1. The molecule has 0 fully saturated rings. The lowest BCUT2D eigenvalue weighted by molar-refractivity contribution is -0.115. The summed E-state index contributed by atoms with van der Waals surface area (Å²) < 4.78 is 0. The van der Waals surface area contributed by atoms with Crippen LogP contribution in [0.15, 0.2) is 48.5 Å². The lowest BCUT2D eigenvalue weighted by Crippen LogP contribution is -2.15. The highest BCUT2D eigenvalue weighted by Gasteiger charge is 2.14. The van der Waals surface area contributed by atoms with Crippen molar-refractivity contribution in [1.82, 2.24) is 0 Å². The van der Waals surface area contributed by atoms with E-state index in [1.807, 2.05) is 23.9 Å². The summed E-state index contributed by atoms with van der Waals surface area (Å²) in [6, 6.07) is 16.7. The SMILES string of the molecule is O=C(CCSCc1ccccc1)Nc1cccc2c1CCCC2. The molecule has 1 aliphatic carbocycles. The van der Waals surface area contributed by atoms with E-state index in [1.54, 1.807) is 0 Å². The number of rotatable bonds is 6. The van der Waals surface area contributed by atoms with Gasteiger partial charge in [0.05, 0.1) is 0 Å². The van der Waals surface area contributed by atoms with E-state index in [2.05, 4.69) is 41.7 Å². The lowest BCUT2D eigenvalue weighted by Gasteiger charge is -2.19. The summed E-state index contributed by atoms with van der Waals surface area (Å²) in [6.07, 6.45) is 5.30. The summed E-state index contributed by atoms with van der Waals surface area (Å²) in [5, 5.41) is 3.12. The largest absolute Gasteiger partial charge is 0.326 e. The monoisotopic (exact) mass is 325 g/mol. The van der Waals surface area contributed by atoms with E-state index >= 15 is 0 Å². The molecular weight excluding hydrogens is 302 g/mol. The normalized spacial score (nSPS) is 13.4. The first-order valence-electron chi connectivity index (χ1n) is 8.35. The average molecular weight is 325 g/mol. The fourth-order valence-electron chi connectivity index (χ4n) is 3.04. The van der Waals surface area contributed by atoms with Crippen molar-refractivity contribution in [3.63, 3.8) is 0 Å². The van der Waals surface area contributed by atoms with Crippen LogP contribution in [0.1, 0.15) is 36.0 Å². The number of thioether (sulfide) groups is 1. The second kappa shape index (κ2) is 8.21. The third-order valence-electron chi connectivity index (χ3n) is 4.26. The predicted molar refractivity (Wildman–Crippen MR) is 98.9 cm³/mol. The van der Waals surface area contributed by atoms with E-state index in [4.69, 9.17) is 0 Å². The Hall–Kier alpha value is -1.74. The summed E-state index contributed by atoms with van der Waals surface area (Å²) in [4.78, 5) is 12.2. The van der Waals surface area contributed by atoms with Crippen LogP contribution >= 0.6 is 11.8 Å². The van der Waals surface area contributed by atoms with Crippen LogP contribution in [-0.4, -0.2) is 11.7 Å². The molecule has 0 unspecified atom stereocenters. The van der Waals surface area contributed by atoms with E-state index in [9.17, 15) is 4.79 Å². The Morgan fingerprint density at radius 1 is 1.00 bits per heavy atom. The molecule has 1 aliphatic rings. The smallest absolute Gasteiger partial charge is 0.225 e. The second-order valence-electron chi connectivity index (χ2n) is 5.99. The van der Waals surface area contributed by atoms with Crippen molar-refractivity contribution in [2.45, 2.75) is 37.9 Å². The van der Waals surface area contributed by atoms with E-state index in [0.717, 1.165) is 30.0 Å². The molecule has 0 heterocycles. The van der Waals surface area contributed by atoms with Gasteiger partial charge in [0.2, 0.25) is 5.91 Å². The number of anilines is 1. The van der Waals surface area contributed by atoms with Crippen molar-refractivity contribution >= 4 is 23.4 Å². The molecule has 0 spiro atoms. The molecular formula is C20H23NOS. The topological polar surface area (TPSA) is 29.1 Å². The van der Waals surface area contributed by atoms with E-state index in [-0.39, 0.29) is 5.91 Å².